The van der Waals surface area contributed by atoms with Crippen molar-refractivity contribution in [2.75, 3.05) is 18.5 Å². The van der Waals surface area contributed by atoms with E-state index in [2.05, 4.69) is 27.8 Å². The molecule has 0 saturated heterocycles. The predicted octanol–water partition coefficient (Wildman–Crippen LogP) is 4.52. The zero-order valence-electron chi connectivity index (χ0n) is 14.9. The molecule has 0 aliphatic carbocycles. The van der Waals surface area contributed by atoms with Crippen molar-refractivity contribution in [1.82, 2.24) is 0 Å². The van der Waals surface area contributed by atoms with E-state index >= 15 is 0 Å². The van der Waals surface area contributed by atoms with Crippen molar-refractivity contribution in [2.45, 2.75) is 6.92 Å². The number of benzene rings is 2. The average molecular weight is 430 g/mol. The number of rotatable bonds is 8. The molecule has 5 nitrogen and oxygen atoms in total. The molecule has 0 radical (unpaired) electrons. The Labute approximate surface area is 166 Å². The Hall–Kier alpha value is -2.86. The summed E-state index contributed by atoms with van der Waals surface area (Å²) < 4.78 is 11.1. The first-order chi connectivity index (χ1) is 13.0. The van der Waals surface area contributed by atoms with Gasteiger partial charge in [0.2, 0.25) is 0 Å². The lowest BCUT2D eigenvalue weighted by Crippen LogP contribution is -2.20. The molecule has 1 amide bonds. The van der Waals surface area contributed by atoms with Gasteiger partial charge in [-0.05, 0) is 64.3 Å². The SMILES string of the molecule is C=CCOc1ccc(/C=C/C(=O)OCC(=O)Nc2ccc(C)cc2Br)cc1. The number of anilines is 1. The summed E-state index contributed by atoms with van der Waals surface area (Å²) in [4.78, 5) is 23.7. The molecule has 0 aliphatic rings. The van der Waals surface area contributed by atoms with Crippen LogP contribution in [0.25, 0.3) is 6.08 Å². The van der Waals surface area contributed by atoms with E-state index in [0.717, 1.165) is 15.6 Å². The van der Waals surface area contributed by atoms with E-state index in [1.807, 2.05) is 31.2 Å². The zero-order valence-corrected chi connectivity index (χ0v) is 16.5. The maximum absolute atomic E-state index is 11.9. The molecule has 2 aromatic rings. The highest BCUT2D eigenvalue weighted by Gasteiger charge is 2.08. The number of aryl methyl sites for hydroxylation is 1. The van der Waals surface area contributed by atoms with E-state index < -0.39 is 11.9 Å². The monoisotopic (exact) mass is 429 g/mol. The second kappa shape index (κ2) is 10.3. The average Bonchev–Trinajstić information content (AvgIpc) is 2.66. The summed E-state index contributed by atoms with van der Waals surface area (Å²) in [7, 11) is 0. The van der Waals surface area contributed by atoms with Gasteiger partial charge in [-0.15, -0.1) is 0 Å². The summed E-state index contributed by atoms with van der Waals surface area (Å²) in [6.07, 6.45) is 4.54. The minimum atomic E-state index is -0.597. The van der Waals surface area contributed by atoms with Gasteiger partial charge < -0.3 is 14.8 Å². The van der Waals surface area contributed by atoms with Crippen LogP contribution in [0.4, 0.5) is 5.69 Å². The van der Waals surface area contributed by atoms with E-state index in [1.54, 1.807) is 30.4 Å². The van der Waals surface area contributed by atoms with E-state index in [9.17, 15) is 9.59 Å². The summed E-state index contributed by atoms with van der Waals surface area (Å²) in [5.41, 5.74) is 2.50. The van der Waals surface area contributed by atoms with Gasteiger partial charge in [0.05, 0.1) is 5.69 Å². The molecule has 0 bridgehead atoms. The second-order valence-corrected chi connectivity index (χ2v) is 6.50. The number of carbonyl (C=O) groups is 2. The van der Waals surface area contributed by atoms with Gasteiger partial charge >= 0.3 is 5.97 Å². The maximum atomic E-state index is 11.9. The first-order valence-electron chi connectivity index (χ1n) is 8.22. The lowest BCUT2D eigenvalue weighted by Gasteiger charge is -2.08. The fourth-order valence-corrected chi connectivity index (χ4v) is 2.68. The van der Waals surface area contributed by atoms with Gasteiger partial charge in [-0.2, -0.15) is 0 Å². The normalized spacial score (nSPS) is 10.4. The van der Waals surface area contributed by atoms with Crippen LogP contribution >= 0.6 is 15.9 Å². The molecular formula is C21H20BrNO4. The van der Waals surface area contributed by atoms with Crippen LogP contribution in [-0.2, 0) is 14.3 Å². The molecule has 0 aromatic heterocycles. The van der Waals surface area contributed by atoms with Crippen LogP contribution in [0.1, 0.15) is 11.1 Å². The topological polar surface area (TPSA) is 64.6 Å². The Morgan fingerprint density at radius 2 is 1.93 bits per heavy atom. The summed E-state index contributed by atoms with van der Waals surface area (Å²) >= 11 is 3.38. The number of carbonyl (C=O) groups excluding carboxylic acids is 2. The van der Waals surface area contributed by atoms with Gasteiger partial charge in [-0.25, -0.2) is 4.79 Å². The second-order valence-electron chi connectivity index (χ2n) is 5.64. The van der Waals surface area contributed by atoms with Crippen LogP contribution < -0.4 is 10.1 Å². The molecule has 0 atom stereocenters. The summed E-state index contributed by atoms with van der Waals surface area (Å²) in [6, 6.07) is 12.7. The van der Waals surface area contributed by atoms with Gasteiger partial charge in [0.15, 0.2) is 6.61 Å². The molecule has 27 heavy (non-hydrogen) atoms. The molecule has 2 rings (SSSR count). The van der Waals surface area contributed by atoms with Crippen LogP contribution in [0.2, 0.25) is 0 Å². The van der Waals surface area contributed by atoms with E-state index in [1.165, 1.54) is 6.08 Å². The first-order valence-corrected chi connectivity index (χ1v) is 9.02. The molecule has 0 unspecified atom stereocenters. The lowest BCUT2D eigenvalue weighted by atomic mass is 10.2. The lowest BCUT2D eigenvalue weighted by molar-refractivity contribution is -0.142. The molecule has 2 aromatic carbocycles. The van der Waals surface area contributed by atoms with Crippen molar-refractivity contribution >= 4 is 39.6 Å². The number of esters is 1. The van der Waals surface area contributed by atoms with Gasteiger partial charge in [0.1, 0.15) is 12.4 Å². The molecule has 0 fully saturated rings. The van der Waals surface area contributed by atoms with Crippen LogP contribution in [0.3, 0.4) is 0 Å². The van der Waals surface area contributed by atoms with Crippen molar-refractivity contribution in [2.24, 2.45) is 0 Å². The smallest absolute Gasteiger partial charge is 0.331 e. The van der Waals surface area contributed by atoms with Crippen LogP contribution in [0.15, 0.2) is 65.7 Å². The molecule has 0 heterocycles. The number of amides is 1. The van der Waals surface area contributed by atoms with Crippen molar-refractivity contribution in [3.63, 3.8) is 0 Å². The molecule has 140 valence electrons. The quantitative estimate of drug-likeness (QED) is 0.380. The van der Waals surface area contributed by atoms with E-state index in [-0.39, 0.29) is 6.61 Å². The van der Waals surface area contributed by atoms with Gasteiger partial charge in [0, 0.05) is 10.5 Å². The summed E-state index contributed by atoms with van der Waals surface area (Å²) in [6.45, 7) is 5.61. The minimum Gasteiger partial charge on any atom is -0.490 e. The van der Waals surface area contributed by atoms with Gasteiger partial charge in [0.25, 0.3) is 5.91 Å². The Bertz CT molecular complexity index is 844. The zero-order chi connectivity index (χ0) is 19.6. The van der Waals surface area contributed by atoms with E-state index in [4.69, 9.17) is 9.47 Å². The van der Waals surface area contributed by atoms with Crippen LogP contribution in [0.5, 0.6) is 5.75 Å². The van der Waals surface area contributed by atoms with E-state index in [0.29, 0.717) is 18.0 Å². The third-order valence-corrected chi connectivity index (χ3v) is 4.06. The Balaban J connectivity index is 1.80. The third-order valence-electron chi connectivity index (χ3n) is 3.40. The van der Waals surface area contributed by atoms with Crippen molar-refractivity contribution < 1.29 is 19.1 Å². The number of nitrogens with one attached hydrogen (secondary N) is 1. The highest BCUT2D eigenvalue weighted by atomic mass is 79.9. The summed E-state index contributed by atoms with van der Waals surface area (Å²) in [5.74, 6) is -0.293. The summed E-state index contributed by atoms with van der Waals surface area (Å²) in [5, 5.41) is 2.68. The molecule has 0 spiro atoms. The van der Waals surface area contributed by atoms with Gasteiger partial charge in [-0.1, -0.05) is 30.9 Å². The Morgan fingerprint density at radius 3 is 2.59 bits per heavy atom. The number of halogens is 1. The number of hydrogen-bond donors (Lipinski definition) is 1. The highest BCUT2D eigenvalue weighted by molar-refractivity contribution is 9.10. The highest BCUT2D eigenvalue weighted by Crippen LogP contribution is 2.23. The first kappa shape index (κ1) is 20.5. The fourth-order valence-electron chi connectivity index (χ4n) is 2.09. The van der Waals surface area contributed by atoms with Crippen molar-refractivity contribution in [3.05, 3.63) is 76.8 Å². The molecule has 6 heteroatoms. The fraction of sp³-hybridized carbons (Fsp3) is 0.143. The molecule has 0 saturated carbocycles. The van der Waals surface area contributed by atoms with Gasteiger partial charge in [-0.3, -0.25) is 4.79 Å². The Kier molecular flexibility index (Phi) is 7.82. The Morgan fingerprint density at radius 1 is 1.19 bits per heavy atom. The molecule has 1 N–H and O–H groups in total. The van der Waals surface area contributed by atoms with Crippen LogP contribution in [0, 0.1) is 6.92 Å². The standard InChI is InChI=1S/C21H20BrNO4/c1-3-12-26-17-8-5-16(6-9-17)7-11-21(25)27-14-20(24)23-19-10-4-15(2)13-18(19)22/h3-11,13H,1,12,14H2,2H3,(H,23,24)/b11-7+. The number of ether oxygens (including phenoxy) is 2. The maximum Gasteiger partial charge on any atom is 0.331 e. The largest absolute Gasteiger partial charge is 0.490 e. The predicted molar refractivity (Wildman–Crippen MR) is 110 cm³/mol. The number of hydrogen-bond acceptors (Lipinski definition) is 4. The van der Waals surface area contributed by atoms with Crippen LogP contribution in [-0.4, -0.2) is 25.1 Å². The van der Waals surface area contributed by atoms with Crippen molar-refractivity contribution in [1.29, 1.82) is 0 Å². The molecule has 0 aliphatic heterocycles. The van der Waals surface area contributed by atoms with Crippen molar-refractivity contribution in [3.8, 4) is 5.75 Å². The molecular weight excluding hydrogens is 410 g/mol. The minimum absolute atomic E-state index is 0.363. The third kappa shape index (κ3) is 7.11.